The van der Waals surface area contributed by atoms with E-state index in [1.54, 1.807) is 0 Å². The summed E-state index contributed by atoms with van der Waals surface area (Å²) in [6, 6.07) is 4.99. The van der Waals surface area contributed by atoms with Gasteiger partial charge in [-0.05, 0) is 24.3 Å². The molecule has 122 valence electrons. The lowest BCUT2D eigenvalue weighted by Gasteiger charge is -2.48. The molecule has 0 saturated carbocycles. The summed E-state index contributed by atoms with van der Waals surface area (Å²) in [6.45, 7) is -0.780. The van der Waals surface area contributed by atoms with Crippen molar-refractivity contribution in [2.45, 2.75) is 17.1 Å². The average molecular weight is 334 g/mol. The first-order chi connectivity index (χ1) is 10.4. The molecule has 2 heterocycles. The number of sulfonamides is 1. The molecule has 0 radical (unpaired) electrons. The van der Waals surface area contributed by atoms with Gasteiger partial charge >= 0.3 is 6.61 Å². The van der Waals surface area contributed by atoms with Crippen LogP contribution in [0, 0.1) is 0 Å². The Morgan fingerprint density at radius 3 is 2.50 bits per heavy atom. The highest BCUT2D eigenvalue weighted by molar-refractivity contribution is 7.89. The maximum atomic E-state index is 12.6. The Balaban J connectivity index is 1.77. The quantitative estimate of drug-likeness (QED) is 0.876. The molecule has 0 bridgehead atoms. The molecule has 9 heteroatoms. The Bertz CT molecular complexity index is 632. The number of alkyl halides is 2. The van der Waals surface area contributed by atoms with E-state index in [2.05, 4.69) is 10.1 Å². The number of nitrogens with zero attached hydrogens (tertiary/aromatic N) is 1. The fraction of sp³-hybridized carbons (Fsp3) is 0.538. The van der Waals surface area contributed by atoms with Crippen molar-refractivity contribution >= 4 is 10.0 Å². The molecule has 22 heavy (non-hydrogen) atoms. The second-order valence-electron chi connectivity index (χ2n) is 5.32. The molecule has 2 fully saturated rings. The lowest BCUT2D eigenvalue weighted by Crippen LogP contribution is -2.69. The van der Waals surface area contributed by atoms with Gasteiger partial charge in [0.2, 0.25) is 10.0 Å². The monoisotopic (exact) mass is 334 g/mol. The minimum Gasteiger partial charge on any atom is -0.435 e. The van der Waals surface area contributed by atoms with Crippen molar-refractivity contribution in [3.63, 3.8) is 0 Å². The number of hydrogen-bond donors (Lipinski definition) is 1. The summed E-state index contributed by atoms with van der Waals surface area (Å²) in [7, 11) is -3.67. The lowest BCUT2D eigenvalue weighted by atomic mass is 9.96. The van der Waals surface area contributed by atoms with Crippen molar-refractivity contribution in [2.24, 2.45) is 0 Å². The first kappa shape index (κ1) is 15.6. The summed E-state index contributed by atoms with van der Waals surface area (Å²) in [6.07, 6.45) is 0. The van der Waals surface area contributed by atoms with Crippen LogP contribution in [0.3, 0.4) is 0 Å². The van der Waals surface area contributed by atoms with Gasteiger partial charge in [0, 0.05) is 26.2 Å². The van der Waals surface area contributed by atoms with E-state index in [1.807, 2.05) is 0 Å². The second-order valence-corrected chi connectivity index (χ2v) is 7.26. The summed E-state index contributed by atoms with van der Waals surface area (Å²) in [5.41, 5.74) is -0.440. The Morgan fingerprint density at radius 2 is 1.95 bits per heavy atom. The normalized spacial score (nSPS) is 21.8. The summed E-state index contributed by atoms with van der Waals surface area (Å²) in [5, 5.41) is 3.08. The smallest absolute Gasteiger partial charge is 0.387 e. The Morgan fingerprint density at radius 1 is 1.27 bits per heavy atom. The zero-order valence-corrected chi connectivity index (χ0v) is 12.5. The minimum atomic E-state index is -3.67. The minimum absolute atomic E-state index is 0.0541. The predicted molar refractivity (Wildman–Crippen MR) is 73.4 cm³/mol. The molecule has 3 rings (SSSR count). The largest absolute Gasteiger partial charge is 0.435 e. The molecule has 0 amide bonds. The van der Waals surface area contributed by atoms with Crippen LogP contribution in [0.2, 0.25) is 0 Å². The zero-order valence-electron chi connectivity index (χ0n) is 11.7. The number of nitrogens with one attached hydrogen (secondary N) is 1. The number of benzene rings is 1. The van der Waals surface area contributed by atoms with Crippen molar-refractivity contribution in [3.8, 4) is 5.75 Å². The molecule has 2 aliphatic heterocycles. The standard InChI is InChI=1S/C13H16F2N2O4S/c14-12(15)21-10-1-3-11(4-2-10)22(18,19)17-5-6-20-13(9-17)7-16-8-13/h1-4,12,16H,5-9H2. The van der Waals surface area contributed by atoms with E-state index in [1.165, 1.54) is 28.6 Å². The summed E-state index contributed by atoms with van der Waals surface area (Å²) in [5.74, 6) is -0.0735. The Kier molecular flexibility index (Phi) is 4.06. The van der Waals surface area contributed by atoms with Crippen LogP contribution in [0.1, 0.15) is 0 Å². The van der Waals surface area contributed by atoms with Crippen LogP contribution in [0.25, 0.3) is 0 Å². The van der Waals surface area contributed by atoms with E-state index in [-0.39, 0.29) is 23.7 Å². The van der Waals surface area contributed by atoms with E-state index in [4.69, 9.17) is 4.74 Å². The predicted octanol–water partition coefficient (Wildman–Crippen LogP) is 0.651. The fourth-order valence-electron chi connectivity index (χ4n) is 2.58. The van der Waals surface area contributed by atoms with Crippen LogP contribution in [-0.4, -0.2) is 57.7 Å². The topological polar surface area (TPSA) is 67.9 Å². The Hall–Kier alpha value is -1.29. The van der Waals surface area contributed by atoms with Crippen LogP contribution in [0.5, 0.6) is 5.75 Å². The van der Waals surface area contributed by atoms with Crippen molar-refractivity contribution < 1.29 is 26.7 Å². The average Bonchev–Trinajstić information content (AvgIpc) is 2.46. The Labute approximate surface area is 127 Å². The van der Waals surface area contributed by atoms with Crippen LogP contribution in [0.15, 0.2) is 29.2 Å². The third-order valence-corrected chi connectivity index (χ3v) is 5.65. The molecule has 2 saturated heterocycles. The molecule has 6 nitrogen and oxygen atoms in total. The van der Waals surface area contributed by atoms with E-state index in [0.717, 1.165) is 0 Å². The molecule has 1 aromatic carbocycles. The van der Waals surface area contributed by atoms with Gasteiger partial charge in [0.05, 0.1) is 11.5 Å². The molecular formula is C13H16F2N2O4S. The van der Waals surface area contributed by atoms with Gasteiger partial charge in [-0.2, -0.15) is 13.1 Å². The van der Waals surface area contributed by atoms with Gasteiger partial charge in [0.25, 0.3) is 0 Å². The molecule has 1 N–H and O–H groups in total. The highest BCUT2D eigenvalue weighted by atomic mass is 32.2. The maximum absolute atomic E-state index is 12.6. The number of morpholine rings is 1. The second kappa shape index (κ2) is 5.73. The zero-order chi connectivity index (χ0) is 15.8. The molecule has 0 unspecified atom stereocenters. The van der Waals surface area contributed by atoms with E-state index >= 15 is 0 Å². The van der Waals surface area contributed by atoms with Crippen LogP contribution >= 0.6 is 0 Å². The van der Waals surface area contributed by atoms with Gasteiger partial charge < -0.3 is 14.8 Å². The third kappa shape index (κ3) is 2.94. The van der Waals surface area contributed by atoms with Crippen molar-refractivity contribution in [3.05, 3.63) is 24.3 Å². The SMILES string of the molecule is O=S(=O)(c1ccc(OC(F)F)cc1)N1CCOC2(CNC2)C1. The molecule has 0 aliphatic carbocycles. The van der Waals surface area contributed by atoms with Gasteiger partial charge in [-0.25, -0.2) is 8.42 Å². The van der Waals surface area contributed by atoms with Crippen molar-refractivity contribution in [2.75, 3.05) is 32.8 Å². The maximum Gasteiger partial charge on any atom is 0.387 e. The van der Waals surface area contributed by atoms with E-state index < -0.39 is 22.2 Å². The van der Waals surface area contributed by atoms with Crippen LogP contribution < -0.4 is 10.1 Å². The number of halogens is 2. The van der Waals surface area contributed by atoms with Crippen molar-refractivity contribution in [1.82, 2.24) is 9.62 Å². The van der Waals surface area contributed by atoms with Crippen LogP contribution in [0.4, 0.5) is 8.78 Å². The lowest BCUT2D eigenvalue weighted by molar-refractivity contribution is -0.118. The van der Waals surface area contributed by atoms with E-state index in [0.29, 0.717) is 19.7 Å². The highest BCUT2D eigenvalue weighted by Gasteiger charge is 2.45. The van der Waals surface area contributed by atoms with Crippen LogP contribution in [-0.2, 0) is 14.8 Å². The fourth-order valence-corrected chi connectivity index (χ4v) is 4.07. The van der Waals surface area contributed by atoms with Gasteiger partial charge in [-0.15, -0.1) is 0 Å². The van der Waals surface area contributed by atoms with Gasteiger partial charge in [0.15, 0.2) is 0 Å². The molecule has 0 aromatic heterocycles. The van der Waals surface area contributed by atoms with Gasteiger partial charge in [-0.3, -0.25) is 0 Å². The number of rotatable bonds is 4. The number of hydrogen-bond acceptors (Lipinski definition) is 5. The van der Waals surface area contributed by atoms with Gasteiger partial charge in [0.1, 0.15) is 11.4 Å². The number of ether oxygens (including phenoxy) is 2. The molecular weight excluding hydrogens is 318 g/mol. The van der Waals surface area contributed by atoms with Gasteiger partial charge in [-0.1, -0.05) is 0 Å². The van der Waals surface area contributed by atoms with E-state index in [9.17, 15) is 17.2 Å². The molecule has 0 atom stereocenters. The summed E-state index contributed by atoms with van der Waals surface area (Å²) in [4.78, 5) is 0.0541. The third-order valence-electron chi connectivity index (χ3n) is 3.79. The molecule has 1 aromatic rings. The molecule has 1 spiro atoms. The summed E-state index contributed by atoms with van der Waals surface area (Å²) >= 11 is 0. The highest BCUT2D eigenvalue weighted by Crippen LogP contribution is 2.27. The first-order valence-electron chi connectivity index (χ1n) is 6.81. The van der Waals surface area contributed by atoms with Crippen molar-refractivity contribution in [1.29, 1.82) is 0 Å². The first-order valence-corrected chi connectivity index (χ1v) is 8.25. The summed E-state index contributed by atoms with van der Waals surface area (Å²) < 4.78 is 60.7. The molecule has 2 aliphatic rings.